The molecule has 3 rings (SSSR count). The summed E-state index contributed by atoms with van der Waals surface area (Å²) >= 11 is 0. The van der Waals surface area contributed by atoms with Crippen LogP contribution in [0.2, 0.25) is 0 Å². The molecule has 0 aliphatic carbocycles. The number of rotatable bonds is 2. The molecule has 1 aromatic heterocycles. The van der Waals surface area contributed by atoms with Crippen LogP contribution in [0.25, 0.3) is 0 Å². The molecule has 1 aromatic rings. The van der Waals surface area contributed by atoms with Crippen LogP contribution in [-0.4, -0.2) is 40.8 Å². The molecule has 0 unspecified atom stereocenters. The van der Waals surface area contributed by atoms with E-state index in [1.165, 1.54) is 0 Å². The number of hydrogen-bond donors (Lipinski definition) is 0. The molecule has 1 saturated heterocycles. The van der Waals surface area contributed by atoms with Crippen molar-refractivity contribution in [2.24, 2.45) is 5.41 Å². The SMILES string of the molecule is CC(C)(C)CC(=O)N1CCC[C@H]1C(=O)N1CCc2cnccc21. The van der Waals surface area contributed by atoms with E-state index in [1.54, 1.807) is 11.1 Å². The van der Waals surface area contributed by atoms with Crippen molar-refractivity contribution in [3.8, 4) is 0 Å². The van der Waals surface area contributed by atoms with Gasteiger partial charge in [0.2, 0.25) is 11.8 Å². The fraction of sp³-hybridized carbons (Fsp3) is 0.611. The minimum Gasteiger partial charge on any atom is -0.331 e. The van der Waals surface area contributed by atoms with E-state index in [4.69, 9.17) is 0 Å². The summed E-state index contributed by atoms with van der Waals surface area (Å²) in [6, 6.07) is 1.60. The number of hydrogen-bond acceptors (Lipinski definition) is 3. The first-order valence-electron chi connectivity index (χ1n) is 8.40. The summed E-state index contributed by atoms with van der Waals surface area (Å²) in [6.07, 6.45) is 6.56. The highest BCUT2D eigenvalue weighted by Gasteiger charge is 2.39. The fourth-order valence-corrected chi connectivity index (χ4v) is 3.51. The molecular weight excluding hydrogens is 290 g/mol. The van der Waals surface area contributed by atoms with Gasteiger partial charge in [0.25, 0.3) is 0 Å². The van der Waals surface area contributed by atoms with Gasteiger partial charge in [-0.3, -0.25) is 14.6 Å². The average molecular weight is 315 g/mol. The minimum absolute atomic E-state index is 0.0564. The number of nitrogens with zero attached hydrogens (tertiary/aromatic N) is 3. The Hall–Kier alpha value is -1.91. The van der Waals surface area contributed by atoms with Gasteiger partial charge >= 0.3 is 0 Å². The second kappa shape index (κ2) is 5.95. The Morgan fingerprint density at radius 1 is 1.30 bits per heavy atom. The summed E-state index contributed by atoms with van der Waals surface area (Å²) in [5, 5.41) is 0. The highest BCUT2D eigenvalue weighted by molar-refractivity contribution is 6.01. The Morgan fingerprint density at radius 3 is 2.83 bits per heavy atom. The van der Waals surface area contributed by atoms with E-state index in [2.05, 4.69) is 25.8 Å². The quantitative estimate of drug-likeness (QED) is 0.842. The van der Waals surface area contributed by atoms with Crippen LogP contribution in [0.5, 0.6) is 0 Å². The van der Waals surface area contributed by atoms with E-state index >= 15 is 0 Å². The van der Waals surface area contributed by atoms with Crippen molar-refractivity contribution < 1.29 is 9.59 Å². The summed E-state index contributed by atoms with van der Waals surface area (Å²) < 4.78 is 0. The van der Waals surface area contributed by atoms with Gasteiger partial charge in [0.05, 0.1) is 5.69 Å². The van der Waals surface area contributed by atoms with Gasteiger partial charge in [-0.05, 0) is 36.3 Å². The number of amides is 2. The average Bonchev–Trinajstić information content (AvgIpc) is 3.12. The van der Waals surface area contributed by atoms with Gasteiger partial charge in [0.1, 0.15) is 6.04 Å². The normalized spacial score (nSPS) is 20.7. The van der Waals surface area contributed by atoms with Crippen molar-refractivity contribution in [1.29, 1.82) is 0 Å². The van der Waals surface area contributed by atoms with Crippen molar-refractivity contribution in [1.82, 2.24) is 9.88 Å². The third-order valence-electron chi connectivity index (χ3n) is 4.58. The van der Waals surface area contributed by atoms with Gasteiger partial charge in [-0.25, -0.2) is 0 Å². The molecule has 2 aliphatic rings. The molecule has 5 heteroatoms. The lowest BCUT2D eigenvalue weighted by Crippen LogP contribution is -2.48. The summed E-state index contributed by atoms with van der Waals surface area (Å²) in [5.74, 6) is 0.164. The summed E-state index contributed by atoms with van der Waals surface area (Å²) in [5.41, 5.74) is 2.02. The molecular formula is C18H25N3O2. The molecule has 0 aromatic carbocycles. The molecule has 2 amide bonds. The maximum absolute atomic E-state index is 13.0. The Labute approximate surface area is 137 Å². The van der Waals surface area contributed by atoms with Crippen LogP contribution < -0.4 is 4.90 Å². The number of aromatic nitrogens is 1. The minimum atomic E-state index is -0.302. The van der Waals surface area contributed by atoms with Crippen molar-refractivity contribution in [2.45, 2.75) is 52.5 Å². The second-order valence-corrected chi connectivity index (χ2v) is 7.73. The Bertz CT molecular complexity index is 621. The smallest absolute Gasteiger partial charge is 0.249 e. The second-order valence-electron chi connectivity index (χ2n) is 7.73. The molecule has 23 heavy (non-hydrogen) atoms. The van der Waals surface area contributed by atoms with Crippen LogP contribution in [0.4, 0.5) is 5.69 Å². The molecule has 0 N–H and O–H groups in total. The predicted octanol–water partition coefficient (Wildman–Crippen LogP) is 2.40. The first-order chi connectivity index (χ1) is 10.9. The molecule has 0 saturated carbocycles. The van der Waals surface area contributed by atoms with Crippen LogP contribution in [-0.2, 0) is 16.0 Å². The predicted molar refractivity (Wildman–Crippen MR) is 89.1 cm³/mol. The van der Waals surface area contributed by atoms with E-state index in [0.29, 0.717) is 19.5 Å². The zero-order valence-corrected chi connectivity index (χ0v) is 14.2. The van der Waals surface area contributed by atoms with E-state index in [1.807, 2.05) is 17.2 Å². The van der Waals surface area contributed by atoms with Crippen molar-refractivity contribution >= 4 is 17.5 Å². The third-order valence-corrected chi connectivity index (χ3v) is 4.58. The van der Waals surface area contributed by atoms with Crippen LogP contribution in [0.15, 0.2) is 18.5 Å². The third kappa shape index (κ3) is 3.23. The van der Waals surface area contributed by atoms with Crippen LogP contribution in [0, 0.1) is 5.41 Å². The number of anilines is 1. The molecule has 1 fully saturated rings. The molecule has 124 valence electrons. The lowest BCUT2D eigenvalue weighted by molar-refractivity contribution is -0.138. The van der Waals surface area contributed by atoms with E-state index in [-0.39, 0.29) is 23.3 Å². The number of likely N-dealkylation sites (tertiary alicyclic amines) is 1. The molecule has 0 radical (unpaired) electrons. The first-order valence-corrected chi connectivity index (χ1v) is 8.40. The number of carbonyl (C=O) groups excluding carboxylic acids is 2. The largest absolute Gasteiger partial charge is 0.331 e. The fourth-order valence-electron chi connectivity index (χ4n) is 3.51. The lowest BCUT2D eigenvalue weighted by Gasteiger charge is -2.30. The van der Waals surface area contributed by atoms with Crippen LogP contribution in [0.3, 0.4) is 0 Å². The standard InChI is InChI=1S/C18H25N3O2/c1-18(2,3)11-16(22)20-9-4-5-15(20)17(23)21-10-7-13-12-19-8-6-14(13)21/h6,8,12,15H,4-5,7,9-11H2,1-3H3/t15-/m0/s1. The van der Waals surface area contributed by atoms with Crippen molar-refractivity contribution in [3.05, 3.63) is 24.0 Å². The van der Waals surface area contributed by atoms with E-state index in [9.17, 15) is 9.59 Å². The zero-order valence-electron chi connectivity index (χ0n) is 14.2. The van der Waals surface area contributed by atoms with Crippen LogP contribution >= 0.6 is 0 Å². The highest BCUT2D eigenvalue weighted by atomic mass is 16.2. The monoisotopic (exact) mass is 315 g/mol. The molecule has 5 nitrogen and oxygen atoms in total. The maximum atomic E-state index is 13.0. The van der Waals surface area contributed by atoms with Gasteiger partial charge in [0, 0.05) is 31.9 Å². The van der Waals surface area contributed by atoms with E-state index < -0.39 is 0 Å². The van der Waals surface area contributed by atoms with Gasteiger partial charge in [-0.15, -0.1) is 0 Å². The van der Waals surface area contributed by atoms with Gasteiger partial charge < -0.3 is 9.80 Å². The van der Waals surface area contributed by atoms with Crippen molar-refractivity contribution in [2.75, 3.05) is 18.0 Å². The molecule has 2 aliphatic heterocycles. The topological polar surface area (TPSA) is 53.5 Å². The molecule has 3 heterocycles. The summed E-state index contributed by atoms with van der Waals surface area (Å²) in [6.45, 7) is 7.56. The Kier molecular flexibility index (Phi) is 4.13. The molecule has 1 atom stereocenters. The molecule has 0 bridgehead atoms. The maximum Gasteiger partial charge on any atom is 0.249 e. The Morgan fingerprint density at radius 2 is 2.09 bits per heavy atom. The summed E-state index contributed by atoms with van der Waals surface area (Å²) in [7, 11) is 0. The van der Waals surface area contributed by atoms with Crippen molar-refractivity contribution in [3.63, 3.8) is 0 Å². The summed E-state index contributed by atoms with van der Waals surface area (Å²) in [4.78, 5) is 33.3. The first kappa shape index (κ1) is 16.0. The number of fused-ring (bicyclic) bond motifs is 1. The highest BCUT2D eigenvalue weighted by Crippen LogP contribution is 2.31. The molecule has 0 spiro atoms. The van der Waals surface area contributed by atoms with E-state index in [0.717, 1.165) is 30.5 Å². The van der Waals surface area contributed by atoms with Crippen LogP contribution in [0.1, 0.15) is 45.6 Å². The zero-order chi connectivity index (χ0) is 16.6. The van der Waals surface area contributed by atoms with Gasteiger partial charge in [-0.1, -0.05) is 20.8 Å². The number of carbonyl (C=O) groups is 2. The Balaban J connectivity index is 1.76. The van der Waals surface area contributed by atoms with Gasteiger partial charge in [0.15, 0.2) is 0 Å². The number of pyridine rings is 1. The lowest BCUT2D eigenvalue weighted by atomic mass is 9.91. The van der Waals surface area contributed by atoms with Gasteiger partial charge in [-0.2, -0.15) is 0 Å².